The van der Waals surface area contributed by atoms with Gasteiger partial charge in [0.15, 0.2) is 0 Å². The maximum atomic E-state index is 5.55. The molecule has 0 saturated carbocycles. The zero-order valence-corrected chi connectivity index (χ0v) is 8.80. The maximum absolute atomic E-state index is 5.55. The summed E-state index contributed by atoms with van der Waals surface area (Å²) in [5.41, 5.74) is 6.78. The van der Waals surface area contributed by atoms with Crippen LogP contribution in [0.15, 0.2) is 24.7 Å². The molecule has 2 N–H and O–H groups in total. The second-order valence-electron chi connectivity index (χ2n) is 3.47. The minimum Gasteiger partial charge on any atom is -0.344 e. The van der Waals surface area contributed by atoms with Gasteiger partial charge in [0.05, 0.1) is 6.54 Å². The number of rotatable bonds is 4. The number of nitrogens with two attached hydrogens (primary N) is 1. The molecule has 2 rings (SSSR count). The molecule has 0 spiro atoms. The lowest BCUT2D eigenvalue weighted by Crippen LogP contribution is -2.11. The van der Waals surface area contributed by atoms with E-state index in [9.17, 15) is 0 Å². The minimum atomic E-state index is 0.669. The Morgan fingerprint density at radius 2 is 2.33 bits per heavy atom. The molecule has 5 nitrogen and oxygen atoms in total. The van der Waals surface area contributed by atoms with Crippen molar-refractivity contribution in [3.63, 3.8) is 0 Å². The molecular formula is C10H15N5. The fraction of sp³-hybridized carbons (Fsp3) is 0.400. The molecule has 15 heavy (non-hydrogen) atoms. The highest BCUT2D eigenvalue weighted by molar-refractivity contribution is 5.09. The van der Waals surface area contributed by atoms with Crippen molar-refractivity contribution >= 4 is 0 Å². The van der Waals surface area contributed by atoms with Crippen molar-refractivity contribution in [3.05, 3.63) is 36.2 Å². The molecule has 0 atom stereocenters. The number of aromatic nitrogens is 4. The van der Waals surface area contributed by atoms with Gasteiger partial charge in [-0.15, -0.1) is 0 Å². The van der Waals surface area contributed by atoms with Crippen LogP contribution in [0.25, 0.3) is 0 Å². The van der Waals surface area contributed by atoms with Crippen LogP contribution in [0.4, 0.5) is 0 Å². The fourth-order valence-electron chi connectivity index (χ4n) is 1.59. The van der Waals surface area contributed by atoms with Crippen molar-refractivity contribution in [2.45, 2.75) is 13.0 Å². The standard InChI is InChI=1S/C10H15N5/c1-14-10(12-8-13-14)7-15-6-2-3-9(15)4-5-11/h2-3,6,8H,4-5,7,11H2,1H3. The van der Waals surface area contributed by atoms with E-state index in [-0.39, 0.29) is 0 Å². The lowest BCUT2D eigenvalue weighted by molar-refractivity contribution is 0.637. The van der Waals surface area contributed by atoms with Gasteiger partial charge in [-0.05, 0) is 25.1 Å². The molecule has 0 aliphatic heterocycles. The van der Waals surface area contributed by atoms with Gasteiger partial charge >= 0.3 is 0 Å². The summed E-state index contributed by atoms with van der Waals surface area (Å²) < 4.78 is 3.93. The summed E-state index contributed by atoms with van der Waals surface area (Å²) in [7, 11) is 1.90. The van der Waals surface area contributed by atoms with Crippen LogP contribution >= 0.6 is 0 Å². The van der Waals surface area contributed by atoms with Crippen molar-refractivity contribution < 1.29 is 0 Å². The Morgan fingerprint density at radius 1 is 1.47 bits per heavy atom. The number of aryl methyl sites for hydroxylation is 1. The van der Waals surface area contributed by atoms with E-state index < -0.39 is 0 Å². The van der Waals surface area contributed by atoms with Crippen molar-refractivity contribution in [3.8, 4) is 0 Å². The molecule has 0 saturated heterocycles. The molecule has 0 aliphatic rings. The molecule has 0 amide bonds. The van der Waals surface area contributed by atoms with E-state index in [1.54, 1.807) is 11.0 Å². The quantitative estimate of drug-likeness (QED) is 0.773. The Hall–Kier alpha value is -1.62. The van der Waals surface area contributed by atoms with Gasteiger partial charge in [-0.1, -0.05) is 0 Å². The van der Waals surface area contributed by atoms with Crippen molar-refractivity contribution in [1.29, 1.82) is 0 Å². The minimum absolute atomic E-state index is 0.669. The third kappa shape index (κ3) is 2.07. The first-order valence-electron chi connectivity index (χ1n) is 4.98. The van der Waals surface area contributed by atoms with Crippen LogP contribution in [0.3, 0.4) is 0 Å². The maximum Gasteiger partial charge on any atom is 0.146 e. The van der Waals surface area contributed by atoms with Gasteiger partial charge < -0.3 is 10.3 Å². The molecule has 2 aromatic heterocycles. The molecule has 0 aliphatic carbocycles. The summed E-state index contributed by atoms with van der Waals surface area (Å²) in [5.74, 6) is 0.949. The van der Waals surface area contributed by atoms with Gasteiger partial charge in [-0.2, -0.15) is 5.10 Å². The van der Waals surface area contributed by atoms with Gasteiger partial charge in [-0.25, -0.2) is 4.98 Å². The Morgan fingerprint density at radius 3 is 3.00 bits per heavy atom. The van der Waals surface area contributed by atoms with Gasteiger partial charge in [0, 0.05) is 18.9 Å². The largest absolute Gasteiger partial charge is 0.344 e. The van der Waals surface area contributed by atoms with E-state index in [4.69, 9.17) is 5.73 Å². The predicted molar refractivity (Wildman–Crippen MR) is 57.3 cm³/mol. The van der Waals surface area contributed by atoms with E-state index in [2.05, 4.69) is 20.7 Å². The number of hydrogen-bond donors (Lipinski definition) is 1. The molecule has 0 aromatic carbocycles. The summed E-state index contributed by atoms with van der Waals surface area (Å²) in [4.78, 5) is 4.19. The second-order valence-corrected chi connectivity index (χ2v) is 3.47. The Bertz CT molecular complexity index is 428. The molecule has 2 aromatic rings. The third-order valence-electron chi connectivity index (χ3n) is 2.44. The zero-order valence-electron chi connectivity index (χ0n) is 8.80. The topological polar surface area (TPSA) is 61.7 Å². The highest BCUT2D eigenvalue weighted by Gasteiger charge is 2.04. The van der Waals surface area contributed by atoms with Gasteiger partial charge in [0.1, 0.15) is 12.2 Å². The van der Waals surface area contributed by atoms with Crippen LogP contribution in [0.1, 0.15) is 11.5 Å². The second kappa shape index (κ2) is 4.27. The van der Waals surface area contributed by atoms with Gasteiger partial charge in [0.2, 0.25) is 0 Å². The lowest BCUT2D eigenvalue weighted by Gasteiger charge is -2.07. The molecule has 0 fully saturated rings. The zero-order chi connectivity index (χ0) is 10.7. The lowest BCUT2D eigenvalue weighted by atomic mass is 10.3. The van der Waals surface area contributed by atoms with Crippen molar-refractivity contribution in [2.75, 3.05) is 6.54 Å². The first kappa shape index (κ1) is 9.92. The highest BCUT2D eigenvalue weighted by Crippen LogP contribution is 2.05. The third-order valence-corrected chi connectivity index (χ3v) is 2.44. The molecule has 0 unspecified atom stereocenters. The van der Waals surface area contributed by atoms with Gasteiger partial charge in [-0.3, -0.25) is 4.68 Å². The molecular weight excluding hydrogens is 190 g/mol. The van der Waals surface area contributed by atoms with Crippen LogP contribution in [-0.4, -0.2) is 25.9 Å². The van der Waals surface area contributed by atoms with Gasteiger partial charge in [0.25, 0.3) is 0 Å². The number of nitrogens with zero attached hydrogens (tertiary/aromatic N) is 4. The Kier molecular flexibility index (Phi) is 2.82. The normalized spacial score (nSPS) is 10.8. The smallest absolute Gasteiger partial charge is 0.146 e. The SMILES string of the molecule is Cn1ncnc1Cn1cccc1CCN. The van der Waals surface area contributed by atoms with Crippen LogP contribution in [0.2, 0.25) is 0 Å². The molecule has 80 valence electrons. The van der Waals surface area contributed by atoms with E-state index in [1.807, 2.05) is 19.3 Å². The summed E-state index contributed by atoms with van der Waals surface area (Å²) in [6.45, 7) is 1.42. The summed E-state index contributed by atoms with van der Waals surface area (Å²) in [6, 6.07) is 4.12. The average molecular weight is 205 g/mol. The number of hydrogen-bond acceptors (Lipinski definition) is 3. The fourth-order valence-corrected chi connectivity index (χ4v) is 1.59. The van der Waals surface area contributed by atoms with E-state index in [0.29, 0.717) is 6.54 Å². The van der Waals surface area contributed by atoms with Crippen LogP contribution in [0.5, 0.6) is 0 Å². The van der Waals surface area contributed by atoms with Crippen LogP contribution < -0.4 is 5.73 Å². The van der Waals surface area contributed by atoms with Crippen LogP contribution in [0, 0.1) is 0 Å². The first-order chi connectivity index (χ1) is 7.31. The Balaban J connectivity index is 2.17. The monoisotopic (exact) mass is 205 g/mol. The summed E-state index contributed by atoms with van der Waals surface area (Å²) >= 11 is 0. The predicted octanol–water partition coefficient (Wildman–Crippen LogP) is 0.166. The molecule has 5 heteroatoms. The first-order valence-corrected chi connectivity index (χ1v) is 4.98. The highest BCUT2D eigenvalue weighted by atomic mass is 15.3. The van der Waals surface area contributed by atoms with Crippen molar-refractivity contribution in [1.82, 2.24) is 19.3 Å². The molecule has 2 heterocycles. The Labute approximate surface area is 88.5 Å². The molecule has 0 bridgehead atoms. The van der Waals surface area contributed by atoms with Crippen LogP contribution in [-0.2, 0) is 20.0 Å². The van der Waals surface area contributed by atoms with E-state index in [1.165, 1.54) is 5.69 Å². The van der Waals surface area contributed by atoms with Crippen molar-refractivity contribution in [2.24, 2.45) is 12.8 Å². The summed E-state index contributed by atoms with van der Waals surface area (Å²) in [6.07, 6.45) is 4.51. The molecule has 0 radical (unpaired) electrons. The average Bonchev–Trinajstić information content (AvgIpc) is 2.80. The van der Waals surface area contributed by atoms with E-state index in [0.717, 1.165) is 18.8 Å². The van der Waals surface area contributed by atoms with E-state index >= 15 is 0 Å². The summed E-state index contributed by atoms with van der Waals surface area (Å²) in [5, 5.41) is 4.04.